The molecule has 0 aliphatic heterocycles. The van der Waals surface area contributed by atoms with Crippen LogP contribution in [-0.2, 0) is 13.6 Å². The number of phosphoric ester groups is 1. The number of hydrogen-bond donors (Lipinski definition) is 0. The van der Waals surface area contributed by atoms with Gasteiger partial charge in [-0.2, -0.15) is 0 Å². The molecule has 0 heterocycles. The second-order valence-electron chi connectivity index (χ2n) is 3.05. The average Bonchev–Trinajstić information content (AvgIpc) is 2.31. The van der Waals surface area contributed by atoms with Gasteiger partial charge in [0.05, 0.1) is 18.2 Å². The summed E-state index contributed by atoms with van der Waals surface area (Å²) in [6.07, 6.45) is 0. The van der Waals surface area contributed by atoms with E-state index >= 15 is 0 Å². The van der Waals surface area contributed by atoms with Crippen molar-refractivity contribution in [3.05, 3.63) is 28.2 Å². The van der Waals surface area contributed by atoms with Gasteiger partial charge < -0.3 is 4.52 Å². The van der Waals surface area contributed by atoms with Crippen molar-refractivity contribution < 1.29 is 18.1 Å². The van der Waals surface area contributed by atoms with E-state index in [9.17, 15) is 4.57 Å². The topological polar surface area (TPSA) is 44.8 Å². The fourth-order valence-corrected chi connectivity index (χ4v) is 2.96. The molecule has 0 aliphatic carbocycles. The van der Waals surface area contributed by atoms with Gasteiger partial charge in [0, 0.05) is 10.9 Å². The SMILES string of the molecule is CCOP(=O)(OCCCl)Oc1ccc(Cl)cc1Cl. The second-order valence-corrected chi connectivity index (χ2v) is 5.87. The Morgan fingerprint density at radius 2 is 2.00 bits per heavy atom. The third-order valence-corrected chi connectivity index (χ3v) is 3.90. The monoisotopic (exact) mass is 332 g/mol. The first kappa shape index (κ1) is 16.1. The van der Waals surface area contributed by atoms with Crippen LogP contribution in [0.5, 0.6) is 5.75 Å². The van der Waals surface area contributed by atoms with E-state index in [-0.39, 0.29) is 29.9 Å². The molecule has 1 aromatic rings. The van der Waals surface area contributed by atoms with Crippen molar-refractivity contribution in [2.45, 2.75) is 6.92 Å². The summed E-state index contributed by atoms with van der Waals surface area (Å²) >= 11 is 17.1. The number of hydrogen-bond acceptors (Lipinski definition) is 4. The highest BCUT2D eigenvalue weighted by molar-refractivity contribution is 7.48. The molecule has 0 saturated carbocycles. The molecule has 0 bridgehead atoms. The van der Waals surface area contributed by atoms with E-state index in [2.05, 4.69) is 0 Å². The Morgan fingerprint density at radius 3 is 2.56 bits per heavy atom. The van der Waals surface area contributed by atoms with Crippen LogP contribution in [0.3, 0.4) is 0 Å². The van der Waals surface area contributed by atoms with Crippen molar-refractivity contribution in [3.8, 4) is 5.75 Å². The van der Waals surface area contributed by atoms with Crippen molar-refractivity contribution in [1.29, 1.82) is 0 Å². The number of benzene rings is 1. The van der Waals surface area contributed by atoms with Crippen LogP contribution in [0.2, 0.25) is 10.0 Å². The normalized spacial score (nSPS) is 14.2. The molecule has 8 heteroatoms. The van der Waals surface area contributed by atoms with E-state index in [0.717, 1.165) is 0 Å². The minimum Gasteiger partial charge on any atom is -0.402 e. The lowest BCUT2D eigenvalue weighted by atomic mass is 10.3. The minimum absolute atomic E-state index is 0.0457. The molecule has 0 saturated heterocycles. The van der Waals surface area contributed by atoms with E-state index in [4.69, 9.17) is 48.4 Å². The summed E-state index contributed by atoms with van der Waals surface area (Å²) in [5, 5.41) is 0.664. The van der Waals surface area contributed by atoms with Crippen LogP contribution in [-0.4, -0.2) is 19.1 Å². The standard InChI is InChI=1S/C10H12Cl3O4P/c1-2-15-18(14,16-6-5-11)17-10-4-3-8(12)7-9(10)13/h3-4,7H,2,5-6H2,1H3. The lowest BCUT2D eigenvalue weighted by molar-refractivity contribution is 0.168. The molecule has 1 unspecified atom stereocenters. The zero-order valence-electron chi connectivity index (χ0n) is 9.57. The molecular formula is C10H12Cl3O4P. The largest absolute Gasteiger partial charge is 0.530 e. The first-order valence-electron chi connectivity index (χ1n) is 5.10. The van der Waals surface area contributed by atoms with Crippen molar-refractivity contribution in [2.75, 3.05) is 19.1 Å². The summed E-state index contributed by atoms with van der Waals surface area (Å²) in [5.74, 6) is 0.349. The maximum absolute atomic E-state index is 12.2. The van der Waals surface area contributed by atoms with E-state index in [1.807, 2.05) is 0 Å². The van der Waals surface area contributed by atoms with Gasteiger partial charge in [0.25, 0.3) is 0 Å². The van der Waals surface area contributed by atoms with Gasteiger partial charge in [0.1, 0.15) is 5.75 Å². The zero-order chi connectivity index (χ0) is 13.6. The molecule has 4 nitrogen and oxygen atoms in total. The van der Waals surface area contributed by atoms with Crippen LogP contribution >= 0.6 is 42.6 Å². The smallest absolute Gasteiger partial charge is 0.402 e. The molecule has 1 atom stereocenters. The Labute approximate surface area is 121 Å². The lowest BCUT2D eigenvalue weighted by Gasteiger charge is -2.18. The summed E-state index contributed by atoms with van der Waals surface area (Å²) in [6, 6.07) is 4.51. The summed E-state index contributed by atoms with van der Waals surface area (Å²) in [7, 11) is -3.71. The fourth-order valence-electron chi connectivity index (χ4n) is 1.06. The molecule has 18 heavy (non-hydrogen) atoms. The Kier molecular flexibility index (Phi) is 6.78. The van der Waals surface area contributed by atoms with Gasteiger partial charge >= 0.3 is 7.82 Å². The average molecular weight is 334 g/mol. The minimum atomic E-state index is -3.71. The maximum atomic E-state index is 12.2. The maximum Gasteiger partial charge on any atom is 0.530 e. The molecule has 102 valence electrons. The van der Waals surface area contributed by atoms with E-state index in [0.29, 0.717) is 5.02 Å². The van der Waals surface area contributed by atoms with E-state index < -0.39 is 7.82 Å². The quantitative estimate of drug-likeness (QED) is 0.532. The van der Waals surface area contributed by atoms with Gasteiger partial charge in [-0.25, -0.2) is 4.57 Å². The summed E-state index contributed by atoms with van der Waals surface area (Å²) in [6.45, 7) is 1.89. The van der Waals surface area contributed by atoms with Crippen molar-refractivity contribution >= 4 is 42.6 Å². The van der Waals surface area contributed by atoms with Crippen LogP contribution in [0.4, 0.5) is 0 Å². The fraction of sp³-hybridized carbons (Fsp3) is 0.400. The van der Waals surface area contributed by atoms with Crippen LogP contribution in [0.15, 0.2) is 18.2 Å². The highest BCUT2D eigenvalue weighted by Gasteiger charge is 2.28. The van der Waals surface area contributed by atoms with Crippen LogP contribution in [0.25, 0.3) is 0 Å². The predicted octanol–water partition coefficient (Wildman–Crippen LogP) is 4.77. The van der Waals surface area contributed by atoms with Gasteiger partial charge in [0.15, 0.2) is 0 Å². The van der Waals surface area contributed by atoms with Crippen LogP contribution < -0.4 is 4.52 Å². The number of phosphoric acid groups is 1. The highest BCUT2D eigenvalue weighted by Crippen LogP contribution is 2.50. The van der Waals surface area contributed by atoms with Gasteiger partial charge in [-0.1, -0.05) is 23.2 Å². The summed E-state index contributed by atoms with van der Waals surface area (Å²) in [5.41, 5.74) is 0. The van der Waals surface area contributed by atoms with Crippen molar-refractivity contribution in [2.24, 2.45) is 0 Å². The number of alkyl halides is 1. The van der Waals surface area contributed by atoms with Crippen molar-refractivity contribution in [1.82, 2.24) is 0 Å². The van der Waals surface area contributed by atoms with Crippen molar-refractivity contribution in [3.63, 3.8) is 0 Å². The number of halogens is 3. The molecule has 0 amide bonds. The van der Waals surface area contributed by atoms with Gasteiger partial charge in [0.2, 0.25) is 0 Å². The first-order valence-corrected chi connectivity index (χ1v) is 7.85. The molecule has 0 spiro atoms. The first-order chi connectivity index (χ1) is 8.50. The third kappa shape index (κ3) is 4.96. The molecule has 0 aromatic heterocycles. The predicted molar refractivity (Wildman–Crippen MR) is 73.0 cm³/mol. The Balaban J connectivity index is 2.85. The second kappa shape index (κ2) is 7.59. The Morgan fingerprint density at radius 1 is 1.28 bits per heavy atom. The highest BCUT2D eigenvalue weighted by atomic mass is 35.5. The molecule has 0 radical (unpaired) electrons. The molecule has 0 aliphatic rings. The molecule has 0 N–H and O–H groups in total. The summed E-state index contributed by atoms with van der Waals surface area (Å²) in [4.78, 5) is 0. The van der Waals surface area contributed by atoms with Crippen LogP contribution in [0.1, 0.15) is 6.92 Å². The molecular weight excluding hydrogens is 321 g/mol. The molecule has 0 fully saturated rings. The van der Waals surface area contributed by atoms with E-state index in [1.165, 1.54) is 12.1 Å². The van der Waals surface area contributed by atoms with Gasteiger partial charge in [-0.3, -0.25) is 9.05 Å². The van der Waals surface area contributed by atoms with Crippen LogP contribution in [0, 0.1) is 0 Å². The summed E-state index contributed by atoms with van der Waals surface area (Å²) < 4.78 is 27.3. The number of rotatable bonds is 7. The third-order valence-electron chi connectivity index (χ3n) is 1.72. The molecule has 1 rings (SSSR count). The van der Waals surface area contributed by atoms with E-state index in [1.54, 1.807) is 13.0 Å². The Hall–Kier alpha value is 0.0400. The van der Waals surface area contributed by atoms with Gasteiger partial charge in [-0.05, 0) is 25.1 Å². The van der Waals surface area contributed by atoms with Gasteiger partial charge in [-0.15, -0.1) is 11.6 Å². The lowest BCUT2D eigenvalue weighted by Crippen LogP contribution is -2.04. The Bertz CT molecular complexity index is 441. The molecule has 1 aromatic carbocycles. The zero-order valence-corrected chi connectivity index (χ0v) is 12.7.